The van der Waals surface area contributed by atoms with Gasteiger partial charge in [-0.15, -0.1) is 11.3 Å². The summed E-state index contributed by atoms with van der Waals surface area (Å²) in [4.78, 5) is 30.0. The van der Waals surface area contributed by atoms with Crippen LogP contribution in [0.15, 0.2) is 54.9 Å². The van der Waals surface area contributed by atoms with Crippen LogP contribution in [0.2, 0.25) is 0 Å². The van der Waals surface area contributed by atoms with Gasteiger partial charge in [0.1, 0.15) is 10.8 Å². The van der Waals surface area contributed by atoms with Crippen LogP contribution in [0.4, 0.5) is 5.00 Å². The smallest absolute Gasteiger partial charge is 0.262 e. The van der Waals surface area contributed by atoms with Crippen LogP contribution in [0.25, 0.3) is 0 Å². The lowest BCUT2D eigenvalue weighted by molar-refractivity contribution is -0.118. The highest BCUT2D eigenvalue weighted by atomic mass is 32.1. The summed E-state index contributed by atoms with van der Waals surface area (Å²) in [5, 5.41) is 6.22. The number of hydrogen-bond acceptors (Lipinski definition) is 5. The molecule has 0 unspecified atom stereocenters. The molecular formula is C21H21N3O3S. The molecule has 2 amide bonds. The van der Waals surface area contributed by atoms with E-state index >= 15 is 0 Å². The van der Waals surface area contributed by atoms with Crippen molar-refractivity contribution >= 4 is 28.2 Å². The molecule has 0 saturated heterocycles. The Morgan fingerprint density at radius 1 is 1.11 bits per heavy atom. The van der Waals surface area contributed by atoms with Crippen molar-refractivity contribution in [2.45, 2.75) is 20.4 Å². The minimum Gasteiger partial charge on any atom is -0.484 e. The molecule has 0 bridgehead atoms. The lowest BCUT2D eigenvalue weighted by Gasteiger charge is -2.10. The van der Waals surface area contributed by atoms with E-state index in [0.717, 1.165) is 16.0 Å². The number of benzene rings is 1. The number of thiophene rings is 1. The third-order valence-corrected chi connectivity index (χ3v) is 5.28. The lowest BCUT2D eigenvalue weighted by Crippen LogP contribution is -2.26. The molecular weight excluding hydrogens is 374 g/mol. The van der Waals surface area contributed by atoms with E-state index < -0.39 is 0 Å². The summed E-state index contributed by atoms with van der Waals surface area (Å²) < 4.78 is 5.47. The first-order valence-corrected chi connectivity index (χ1v) is 9.61. The Labute approximate surface area is 167 Å². The SMILES string of the molecule is Cc1sc(NC(=O)COc2ccccc2)c(C(=O)NCc2cccnc2)c1C. The molecule has 0 aliphatic rings. The second-order valence-electron chi connectivity index (χ2n) is 6.18. The van der Waals surface area contributed by atoms with E-state index in [-0.39, 0.29) is 18.4 Å². The third kappa shape index (κ3) is 4.95. The van der Waals surface area contributed by atoms with Gasteiger partial charge in [-0.2, -0.15) is 0 Å². The number of carbonyl (C=O) groups excluding carboxylic acids is 2. The summed E-state index contributed by atoms with van der Waals surface area (Å²) in [6.45, 7) is 4.04. The van der Waals surface area contributed by atoms with Crippen LogP contribution < -0.4 is 15.4 Å². The van der Waals surface area contributed by atoms with Gasteiger partial charge in [-0.3, -0.25) is 14.6 Å². The molecule has 0 fully saturated rings. The molecule has 3 rings (SSSR count). The van der Waals surface area contributed by atoms with Gasteiger partial charge in [0, 0.05) is 23.8 Å². The molecule has 0 radical (unpaired) electrons. The largest absolute Gasteiger partial charge is 0.484 e. The Kier molecular flexibility index (Phi) is 6.39. The minimum atomic E-state index is -0.314. The second kappa shape index (κ2) is 9.14. The normalized spacial score (nSPS) is 10.4. The Morgan fingerprint density at radius 3 is 2.61 bits per heavy atom. The Morgan fingerprint density at radius 2 is 1.89 bits per heavy atom. The molecule has 0 atom stereocenters. The quantitative estimate of drug-likeness (QED) is 0.639. The first-order chi connectivity index (χ1) is 13.5. The fourth-order valence-corrected chi connectivity index (χ4v) is 3.66. The van der Waals surface area contributed by atoms with Gasteiger partial charge in [-0.05, 0) is 43.2 Å². The molecule has 0 aliphatic carbocycles. The molecule has 7 heteroatoms. The van der Waals surface area contributed by atoms with Crippen molar-refractivity contribution in [3.63, 3.8) is 0 Å². The zero-order valence-electron chi connectivity index (χ0n) is 15.7. The molecule has 1 aromatic carbocycles. The molecule has 28 heavy (non-hydrogen) atoms. The number of hydrogen-bond donors (Lipinski definition) is 2. The molecule has 2 heterocycles. The van der Waals surface area contributed by atoms with Crippen LogP contribution in [-0.2, 0) is 11.3 Å². The van der Waals surface area contributed by atoms with Crippen LogP contribution >= 0.6 is 11.3 Å². The molecule has 0 spiro atoms. The number of carbonyl (C=O) groups is 2. The fourth-order valence-electron chi connectivity index (χ4n) is 2.59. The summed E-state index contributed by atoms with van der Waals surface area (Å²) in [5.41, 5.74) is 2.25. The van der Waals surface area contributed by atoms with Crippen LogP contribution in [0.3, 0.4) is 0 Å². The van der Waals surface area contributed by atoms with Crippen LogP contribution in [0, 0.1) is 13.8 Å². The number of ether oxygens (including phenoxy) is 1. The number of nitrogens with one attached hydrogen (secondary N) is 2. The summed E-state index contributed by atoms with van der Waals surface area (Å²) in [6.07, 6.45) is 3.39. The standard InChI is InChI=1S/C21H21N3O3S/c1-14-15(2)28-21(24-18(25)13-27-17-8-4-3-5-9-17)19(14)20(26)23-12-16-7-6-10-22-11-16/h3-11H,12-13H2,1-2H3,(H,23,26)(H,24,25). The van der Waals surface area contributed by atoms with Crippen molar-refractivity contribution in [3.05, 3.63) is 76.4 Å². The van der Waals surface area contributed by atoms with Crippen LogP contribution in [-0.4, -0.2) is 23.4 Å². The Hall–Kier alpha value is -3.19. The Bertz CT molecular complexity index is 956. The number of para-hydroxylation sites is 1. The van der Waals surface area contributed by atoms with Gasteiger partial charge in [0.15, 0.2) is 6.61 Å². The van der Waals surface area contributed by atoms with Crippen LogP contribution in [0.1, 0.15) is 26.4 Å². The number of pyridine rings is 1. The van der Waals surface area contributed by atoms with Gasteiger partial charge >= 0.3 is 0 Å². The second-order valence-corrected chi connectivity index (χ2v) is 7.41. The maximum absolute atomic E-state index is 12.7. The predicted octanol–water partition coefficient (Wildman–Crippen LogP) is 3.71. The van der Waals surface area contributed by atoms with Gasteiger partial charge < -0.3 is 15.4 Å². The van der Waals surface area contributed by atoms with E-state index in [0.29, 0.717) is 22.9 Å². The van der Waals surface area contributed by atoms with E-state index in [2.05, 4.69) is 15.6 Å². The van der Waals surface area contributed by atoms with E-state index in [1.54, 1.807) is 24.5 Å². The van der Waals surface area contributed by atoms with Gasteiger partial charge in [0.25, 0.3) is 11.8 Å². The van der Waals surface area contributed by atoms with E-state index in [1.165, 1.54) is 11.3 Å². The lowest BCUT2D eigenvalue weighted by atomic mass is 10.1. The molecule has 2 N–H and O–H groups in total. The number of rotatable bonds is 7. The molecule has 6 nitrogen and oxygen atoms in total. The first-order valence-electron chi connectivity index (χ1n) is 8.79. The molecule has 0 saturated carbocycles. The van der Waals surface area contributed by atoms with Crippen molar-refractivity contribution in [2.24, 2.45) is 0 Å². The highest BCUT2D eigenvalue weighted by Gasteiger charge is 2.21. The van der Waals surface area contributed by atoms with Gasteiger partial charge in [0.05, 0.1) is 5.56 Å². The topological polar surface area (TPSA) is 80.3 Å². The van der Waals surface area contributed by atoms with Crippen molar-refractivity contribution in [1.82, 2.24) is 10.3 Å². The predicted molar refractivity (Wildman–Crippen MR) is 110 cm³/mol. The molecule has 2 aromatic heterocycles. The molecule has 0 aliphatic heterocycles. The van der Waals surface area contributed by atoms with Crippen LogP contribution in [0.5, 0.6) is 5.75 Å². The average Bonchev–Trinajstić information content (AvgIpc) is 2.99. The number of amides is 2. The third-order valence-electron chi connectivity index (χ3n) is 4.15. The zero-order valence-corrected chi connectivity index (χ0v) is 16.5. The number of nitrogens with zero attached hydrogens (tertiary/aromatic N) is 1. The number of aryl methyl sites for hydroxylation is 1. The van der Waals surface area contributed by atoms with Crippen molar-refractivity contribution in [2.75, 3.05) is 11.9 Å². The summed E-state index contributed by atoms with van der Waals surface area (Å²) in [5.74, 6) is 0.0713. The molecule has 3 aromatic rings. The molecule has 144 valence electrons. The fraction of sp³-hybridized carbons (Fsp3) is 0.190. The average molecular weight is 395 g/mol. The Balaban J connectivity index is 1.65. The zero-order chi connectivity index (χ0) is 19.9. The number of aromatic nitrogens is 1. The first kappa shape index (κ1) is 19.6. The minimum absolute atomic E-state index is 0.128. The van der Waals surface area contributed by atoms with Gasteiger partial charge in [-0.1, -0.05) is 24.3 Å². The summed E-state index contributed by atoms with van der Waals surface area (Å²) in [7, 11) is 0. The summed E-state index contributed by atoms with van der Waals surface area (Å²) in [6, 6.07) is 12.8. The highest BCUT2D eigenvalue weighted by molar-refractivity contribution is 7.16. The monoisotopic (exact) mass is 395 g/mol. The van der Waals surface area contributed by atoms with E-state index in [1.807, 2.05) is 44.2 Å². The van der Waals surface area contributed by atoms with E-state index in [9.17, 15) is 9.59 Å². The maximum Gasteiger partial charge on any atom is 0.262 e. The van der Waals surface area contributed by atoms with E-state index in [4.69, 9.17) is 4.74 Å². The highest BCUT2D eigenvalue weighted by Crippen LogP contribution is 2.32. The van der Waals surface area contributed by atoms with Crippen molar-refractivity contribution < 1.29 is 14.3 Å². The van der Waals surface area contributed by atoms with Crippen molar-refractivity contribution in [1.29, 1.82) is 0 Å². The maximum atomic E-state index is 12.7. The van der Waals surface area contributed by atoms with Crippen molar-refractivity contribution in [3.8, 4) is 5.75 Å². The van der Waals surface area contributed by atoms with Gasteiger partial charge in [-0.25, -0.2) is 0 Å². The van der Waals surface area contributed by atoms with Gasteiger partial charge in [0.2, 0.25) is 0 Å². The number of anilines is 1. The summed E-state index contributed by atoms with van der Waals surface area (Å²) >= 11 is 1.38.